The molecule has 0 bridgehead atoms. The highest BCUT2D eigenvalue weighted by atomic mass is 16.2. The number of H-pyrrole nitrogens is 1. The van der Waals surface area contributed by atoms with Crippen molar-refractivity contribution in [2.45, 2.75) is 26.3 Å². The lowest BCUT2D eigenvalue weighted by Gasteiger charge is -2.41. The number of amides is 1. The lowest BCUT2D eigenvalue weighted by Crippen LogP contribution is -2.53. The van der Waals surface area contributed by atoms with Crippen molar-refractivity contribution in [2.24, 2.45) is 5.89 Å². The summed E-state index contributed by atoms with van der Waals surface area (Å²) in [6.07, 6.45) is 1.23. The number of likely N-dealkylation sites (N-methyl/N-ethyl adjacent to an activating group) is 1. The normalized spacial score (nSPS) is 29.3. The number of likely N-dealkylation sites (tertiary alicyclic amines) is 1. The van der Waals surface area contributed by atoms with Crippen molar-refractivity contribution in [3.05, 3.63) is 29.5 Å². The lowest BCUT2D eigenvalue weighted by molar-refractivity contribution is -0.130. The first-order valence-corrected chi connectivity index (χ1v) is 7.48. The number of fused-ring (bicyclic) bond motifs is 1. The van der Waals surface area contributed by atoms with E-state index in [9.17, 15) is 4.79 Å². The Hall–Kier alpha value is -2.62. The van der Waals surface area contributed by atoms with E-state index in [4.69, 9.17) is 16.2 Å². The fraction of sp³-hybridized carbons (Fsp3) is 0.529. The highest BCUT2D eigenvalue weighted by molar-refractivity contribution is 5.88. The van der Waals surface area contributed by atoms with Crippen LogP contribution in [0.4, 0.5) is 5.82 Å². The summed E-state index contributed by atoms with van der Waals surface area (Å²) in [4.78, 5) is 28.4. The zero-order valence-corrected chi connectivity index (χ0v) is 13.4. The van der Waals surface area contributed by atoms with Crippen molar-refractivity contribution in [3.8, 4) is 0 Å². The summed E-state index contributed by atoms with van der Waals surface area (Å²) in [5.74, 6) is -2.47. The van der Waals surface area contributed by atoms with Gasteiger partial charge in [0.2, 0.25) is 0 Å². The standard InChI is InChI=1S/C17H22N6O/c1-11-5-6-23(15(24)8-18-3)9-14(11)22(4)17-13-7-12(2)21-16(13)19-10-20-17/h7,10-11,14H,5-6,8-9H2,1-2,4H3,(H,19,20,21)/t11-,14+/m1/s1/i4D3,7D,8D2,11D. The number of hydrogen-bond acceptors (Lipinski definition) is 4. The van der Waals surface area contributed by atoms with Crippen molar-refractivity contribution in [2.75, 3.05) is 31.5 Å². The summed E-state index contributed by atoms with van der Waals surface area (Å²) in [5, 5.41) is 0.187. The maximum atomic E-state index is 12.5. The molecule has 1 N–H and O–H groups in total. The van der Waals surface area contributed by atoms with Crippen LogP contribution in [0, 0.1) is 19.4 Å². The topological polar surface area (TPSA) is 69.5 Å². The molecule has 0 aromatic carbocycles. The first-order valence-electron chi connectivity index (χ1n) is 11.0. The van der Waals surface area contributed by atoms with Crippen LogP contribution in [0.25, 0.3) is 15.9 Å². The number of nitrogens with one attached hydrogen (secondary N) is 1. The van der Waals surface area contributed by atoms with E-state index >= 15 is 0 Å². The van der Waals surface area contributed by atoms with E-state index in [1.165, 1.54) is 0 Å². The Labute approximate surface area is 151 Å². The van der Waals surface area contributed by atoms with E-state index in [2.05, 4.69) is 19.8 Å². The molecular weight excluding hydrogens is 304 g/mol. The van der Waals surface area contributed by atoms with E-state index in [1.54, 1.807) is 13.8 Å². The molecule has 3 rings (SSSR count). The van der Waals surface area contributed by atoms with Crippen LogP contribution >= 0.6 is 0 Å². The summed E-state index contributed by atoms with van der Waals surface area (Å²) in [7, 11) is 0. The zero-order chi connectivity index (χ0) is 23.4. The van der Waals surface area contributed by atoms with Gasteiger partial charge in [0.25, 0.3) is 6.50 Å². The smallest absolute Gasteiger partial charge is 0.302 e. The highest BCUT2D eigenvalue weighted by Gasteiger charge is 2.33. The molecule has 0 unspecified atom stereocenters. The number of carbonyl (C=O) groups excluding carboxylic acids is 1. The van der Waals surface area contributed by atoms with Crippen LogP contribution in [0.15, 0.2) is 12.4 Å². The number of aryl methyl sites for hydroxylation is 1. The second kappa shape index (κ2) is 6.48. The van der Waals surface area contributed by atoms with Crippen LogP contribution in [0.5, 0.6) is 0 Å². The van der Waals surface area contributed by atoms with Crippen LogP contribution in [-0.2, 0) is 4.79 Å². The molecule has 1 aliphatic rings. The molecule has 2 aromatic heterocycles. The quantitative estimate of drug-likeness (QED) is 0.871. The van der Waals surface area contributed by atoms with Gasteiger partial charge in [-0.3, -0.25) is 4.79 Å². The zero-order valence-electron chi connectivity index (χ0n) is 20.4. The summed E-state index contributed by atoms with van der Waals surface area (Å²) in [5.41, 5.74) is 0.753. The van der Waals surface area contributed by atoms with Gasteiger partial charge in [0, 0.05) is 31.2 Å². The Bertz CT molecular complexity index is 1060. The molecule has 2 atom stereocenters. The molecule has 0 radical (unpaired) electrons. The van der Waals surface area contributed by atoms with Gasteiger partial charge < -0.3 is 19.6 Å². The molecule has 3 heterocycles. The third-order valence-corrected chi connectivity index (χ3v) is 4.16. The predicted molar refractivity (Wildman–Crippen MR) is 92.6 cm³/mol. The number of carbonyl (C=O) groups is 1. The Morgan fingerprint density at radius 1 is 1.75 bits per heavy atom. The Balaban J connectivity index is 2.14. The minimum absolute atomic E-state index is 0.0192. The number of piperidine rings is 1. The summed E-state index contributed by atoms with van der Waals surface area (Å²) in [6.45, 7) is 4.31. The third kappa shape index (κ3) is 2.92. The van der Waals surface area contributed by atoms with Gasteiger partial charge in [0.1, 0.15) is 20.5 Å². The van der Waals surface area contributed by atoms with Gasteiger partial charge in [-0.15, -0.1) is 0 Å². The molecule has 1 amide bonds. The molecule has 1 fully saturated rings. The van der Waals surface area contributed by atoms with Gasteiger partial charge in [0.05, 0.1) is 12.8 Å². The maximum absolute atomic E-state index is 12.5. The average Bonchev–Trinajstić information content (AvgIpc) is 2.96. The lowest BCUT2D eigenvalue weighted by atomic mass is 9.92. The fourth-order valence-electron chi connectivity index (χ4n) is 2.85. The van der Waals surface area contributed by atoms with Gasteiger partial charge in [-0.1, -0.05) is 6.92 Å². The van der Waals surface area contributed by atoms with Crippen LogP contribution in [-0.4, -0.2) is 58.4 Å². The Morgan fingerprint density at radius 3 is 3.33 bits per heavy atom. The van der Waals surface area contributed by atoms with E-state index in [0.717, 1.165) is 16.1 Å². The van der Waals surface area contributed by atoms with Gasteiger partial charge in [0.15, 0.2) is 0 Å². The van der Waals surface area contributed by atoms with Gasteiger partial charge in [-0.25, -0.2) is 16.5 Å². The molecule has 24 heavy (non-hydrogen) atoms. The van der Waals surface area contributed by atoms with E-state index in [-0.39, 0.29) is 42.4 Å². The van der Waals surface area contributed by atoms with Gasteiger partial charge in [-0.05, 0) is 25.3 Å². The average molecular weight is 333 g/mol. The summed E-state index contributed by atoms with van der Waals surface area (Å²) in [6, 6.07) is -1.08. The Kier molecular flexibility index (Phi) is 2.60. The van der Waals surface area contributed by atoms with Crippen molar-refractivity contribution < 1.29 is 14.4 Å². The number of anilines is 1. The molecule has 0 spiro atoms. The first kappa shape index (κ1) is 9.62. The minimum atomic E-state index is -2.78. The number of nitrogens with zero attached hydrogens (tertiary/aromatic N) is 5. The molecule has 126 valence electrons. The van der Waals surface area contributed by atoms with Crippen molar-refractivity contribution in [1.29, 1.82) is 0 Å². The van der Waals surface area contributed by atoms with E-state index < -0.39 is 31.3 Å². The number of aromatic nitrogens is 3. The monoisotopic (exact) mass is 333 g/mol. The van der Waals surface area contributed by atoms with Crippen molar-refractivity contribution >= 4 is 22.8 Å². The van der Waals surface area contributed by atoms with Crippen LogP contribution in [0.1, 0.15) is 28.6 Å². The number of rotatable bonds is 3. The largest absolute Gasteiger partial charge is 0.354 e. The summed E-state index contributed by atoms with van der Waals surface area (Å²) >= 11 is 0. The Morgan fingerprint density at radius 2 is 2.58 bits per heavy atom. The van der Waals surface area contributed by atoms with Crippen molar-refractivity contribution in [1.82, 2.24) is 19.9 Å². The van der Waals surface area contributed by atoms with Crippen molar-refractivity contribution in [3.63, 3.8) is 0 Å². The molecule has 1 aliphatic heterocycles. The predicted octanol–water partition coefficient (Wildman–Crippen LogP) is 1.86. The second-order valence-corrected chi connectivity index (χ2v) is 5.75. The van der Waals surface area contributed by atoms with Crippen LogP contribution in [0.2, 0.25) is 0 Å². The SMILES string of the molecule is [2H]c1c(C)[nH]c2ncnc(N([C@H]3CN(C(=O)C([2H])([2H])[N+]#[C-])CC[C@@]3([2H])C)C([2H])([2H])[2H])c12. The second-order valence-electron chi connectivity index (χ2n) is 5.75. The first-order chi connectivity index (χ1) is 14.2. The van der Waals surface area contributed by atoms with Gasteiger partial charge >= 0.3 is 5.91 Å². The summed E-state index contributed by atoms with van der Waals surface area (Å²) < 4.78 is 56.7. The third-order valence-electron chi connectivity index (χ3n) is 4.16. The molecule has 0 saturated carbocycles. The van der Waals surface area contributed by atoms with Gasteiger partial charge in [-0.2, -0.15) is 0 Å². The molecule has 0 aliphatic carbocycles. The molecule has 7 heteroatoms. The minimum Gasteiger partial charge on any atom is -0.354 e. The highest BCUT2D eigenvalue weighted by Crippen LogP contribution is 2.29. The van der Waals surface area contributed by atoms with Crippen LogP contribution < -0.4 is 4.90 Å². The fourth-order valence-corrected chi connectivity index (χ4v) is 2.85. The molecular formula is C17H22N6O. The maximum Gasteiger partial charge on any atom is 0.302 e. The number of aromatic amines is 1. The van der Waals surface area contributed by atoms with Crippen LogP contribution in [0.3, 0.4) is 0 Å². The van der Waals surface area contributed by atoms with E-state index in [0.29, 0.717) is 5.69 Å². The molecule has 7 nitrogen and oxygen atoms in total. The number of hydrogen-bond donors (Lipinski definition) is 1. The van der Waals surface area contributed by atoms with E-state index in [1.807, 2.05) is 0 Å². The molecule has 2 aromatic rings. The molecule has 1 saturated heterocycles.